The van der Waals surface area contributed by atoms with E-state index in [0.717, 1.165) is 12.8 Å². The molecule has 1 aromatic carbocycles. The highest BCUT2D eigenvalue weighted by atomic mass is 16.5. The van der Waals surface area contributed by atoms with Crippen molar-refractivity contribution in [1.82, 2.24) is 0 Å². The van der Waals surface area contributed by atoms with E-state index in [1.54, 1.807) is 30.3 Å². The van der Waals surface area contributed by atoms with E-state index in [-0.39, 0.29) is 12.5 Å². The molecule has 2 rings (SSSR count). The van der Waals surface area contributed by atoms with Crippen LogP contribution in [0.25, 0.3) is 0 Å². The number of Topliss-reactive ketones (excluding diaryl/α,β-unsaturated/α-hetero) is 1. The Hall–Kier alpha value is -1.68. The number of esters is 1. The molecule has 1 fully saturated rings. The quantitative estimate of drug-likeness (QED) is 0.777. The summed E-state index contributed by atoms with van der Waals surface area (Å²) in [5.74, 6) is -0.892. The van der Waals surface area contributed by atoms with Gasteiger partial charge in [-0.1, -0.05) is 18.2 Å². The molecule has 0 bridgehead atoms. The van der Waals surface area contributed by atoms with Crippen LogP contribution < -0.4 is 0 Å². The second-order valence-electron chi connectivity index (χ2n) is 4.19. The minimum atomic E-state index is -0.974. The molecule has 0 amide bonds. The summed E-state index contributed by atoms with van der Waals surface area (Å²) in [7, 11) is 0. The molecule has 90 valence electrons. The number of ether oxygens (including phenoxy) is 1. The van der Waals surface area contributed by atoms with Gasteiger partial charge in [0.15, 0.2) is 12.4 Å². The zero-order valence-corrected chi connectivity index (χ0v) is 9.33. The fourth-order valence-corrected chi connectivity index (χ4v) is 1.55. The second kappa shape index (κ2) is 5.10. The molecule has 17 heavy (non-hydrogen) atoms. The molecule has 1 aliphatic rings. The zero-order chi connectivity index (χ0) is 12.3. The number of aliphatic hydroxyl groups is 1. The predicted octanol–water partition coefficient (Wildman–Crippen LogP) is 1.18. The predicted molar refractivity (Wildman–Crippen MR) is 60.5 cm³/mol. The fraction of sp³-hybridized carbons (Fsp3) is 0.385. The number of carbonyl (C=O) groups excluding carboxylic acids is 2. The Morgan fingerprint density at radius 2 is 1.94 bits per heavy atom. The Kier molecular flexibility index (Phi) is 3.54. The molecule has 4 nitrogen and oxygen atoms in total. The first-order chi connectivity index (χ1) is 8.18. The lowest BCUT2D eigenvalue weighted by molar-refractivity contribution is -0.131. The third-order valence-corrected chi connectivity index (χ3v) is 2.75. The maximum atomic E-state index is 11.5. The van der Waals surface area contributed by atoms with E-state index in [1.165, 1.54) is 0 Å². The summed E-state index contributed by atoms with van der Waals surface area (Å²) in [5, 5.41) is 9.50. The molecule has 0 saturated heterocycles. The smallest absolute Gasteiger partial charge is 0.338 e. The Labute approximate surface area is 99.2 Å². The molecule has 0 aliphatic heterocycles. The van der Waals surface area contributed by atoms with E-state index in [1.807, 2.05) is 0 Å². The first-order valence-electron chi connectivity index (χ1n) is 5.61. The van der Waals surface area contributed by atoms with Gasteiger partial charge in [0.05, 0.1) is 5.56 Å². The second-order valence-corrected chi connectivity index (χ2v) is 4.19. The van der Waals surface area contributed by atoms with Gasteiger partial charge in [-0.3, -0.25) is 4.79 Å². The molecule has 1 saturated carbocycles. The zero-order valence-electron chi connectivity index (χ0n) is 9.33. The average Bonchev–Trinajstić information content (AvgIpc) is 3.20. The molecule has 0 radical (unpaired) electrons. The van der Waals surface area contributed by atoms with Gasteiger partial charge in [-0.25, -0.2) is 4.79 Å². The summed E-state index contributed by atoms with van der Waals surface area (Å²) in [4.78, 5) is 22.9. The lowest BCUT2D eigenvalue weighted by atomic mass is 10.1. The molecule has 0 spiro atoms. The van der Waals surface area contributed by atoms with Crippen molar-refractivity contribution in [2.75, 3.05) is 6.61 Å². The summed E-state index contributed by atoms with van der Waals surface area (Å²) in [6.07, 6.45) is 0.776. The maximum absolute atomic E-state index is 11.5. The Bertz CT molecular complexity index is 409. The van der Waals surface area contributed by atoms with Gasteiger partial charge in [0, 0.05) is 0 Å². The van der Waals surface area contributed by atoms with Crippen LogP contribution in [-0.2, 0) is 9.53 Å². The third kappa shape index (κ3) is 3.14. The van der Waals surface area contributed by atoms with Crippen molar-refractivity contribution >= 4 is 11.8 Å². The van der Waals surface area contributed by atoms with Crippen LogP contribution in [0, 0.1) is 5.92 Å². The lowest BCUT2D eigenvalue weighted by Gasteiger charge is -2.08. The molecule has 0 heterocycles. The molecular formula is C13H14O4. The van der Waals surface area contributed by atoms with Gasteiger partial charge in [-0.05, 0) is 30.9 Å². The number of ketones is 1. The van der Waals surface area contributed by atoms with Crippen LogP contribution in [0.5, 0.6) is 0 Å². The summed E-state index contributed by atoms with van der Waals surface area (Å²) in [6, 6.07) is 8.46. The molecule has 1 atom stereocenters. The van der Waals surface area contributed by atoms with Crippen LogP contribution in [0.15, 0.2) is 30.3 Å². The van der Waals surface area contributed by atoms with Gasteiger partial charge >= 0.3 is 5.97 Å². The monoisotopic (exact) mass is 234 g/mol. The van der Waals surface area contributed by atoms with E-state index in [2.05, 4.69) is 0 Å². The van der Waals surface area contributed by atoms with Crippen LogP contribution in [0.2, 0.25) is 0 Å². The van der Waals surface area contributed by atoms with Crippen molar-refractivity contribution in [3.05, 3.63) is 35.9 Å². The van der Waals surface area contributed by atoms with Gasteiger partial charge in [0.2, 0.25) is 0 Å². The number of benzene rings is 1. The molecule has 4 heteroatoms. The topological polar surface area (TPSA) is 63.6 Å². The standard InChI is InChI=1S/C13H14O4/c14-11(12(15)9-6-7-9)8-17-13(16)10-4-2-1-3-5-10/h1-5,9,12,15H,6-8H2/t12-/m1/s1. The van der Waals surface area contributed by atoms with Crippen molar-refractivity contribution < 1.29 is 19.4 Å². The van der Waals surface area contributed by atoms with Gasteiger partial charge in [-0.15, -0.1) is 0 Å². The number of hydrogen-bond donors (Lipinski definition) is 1. The highest BCUT2D eigenvalue weighted by Gasteiger charge is 2.34. The summed E-state index contributed by atoms with van der Waals surface area (Å²) < 4.78 is 4.84. The Morgan fingerprint density at radius 1 is 1.29 bits per heavy atom. The Morgan fingerprint density at radius 3 is 2.53 bits per heavy atom. The van der Waals surface area contributed by atoms with Crippen LogP contribution in [0.3, 0.4) is 0 Å². The first-order valence-corrected chi connectivity index (χ1v) is 5.61. The molecule has 1 N–H and O–H groups in total. The van der Waals surface area contributed by atoms with Gasteiger partial charge in [0.25, 0.3) is 0 Å². The molecular weight excluding hydrogens is 220 g/mol. The van der Waals surface area contributed by atoms with Crippen molar-refractivity contribution in [3.8, 4) is 0 Å². The Balaban J connectivity index is 1.82. The largest absolute Gasteiger partial charge is 0.454 e. The van der Waals surface area contributed by atoms with E-state index in [0.29, 0.717) is 5.56 Å². The highest BCUT2D eigenvalue weighted by Crippen LogP contribution is 2.32. The SMILES string of the molecule is O=C(OCC(=O)[C@H](O)C1CC1)c1ccccc1. The average molecular weight is 234 g/mol. The fourth-order valence-electron chi connectivity index (χ4n) is 1.55. The molecule has 0 unspecified atom stereocenters. The first kappa shape index (κ1) is 11.8. The van der Waals surface area contributed by atoms with Crippen molar-refractivity contribution in [3.63, 3.8) is 0 Å². The van der Waals surface area contributed by atoms with Crippen LogP contribution >= 0.6 is 0 Å². The van der Waals surface area contributed by atoms with Crippen LogP contribution in [0.1, 0.15) is 23.2 Å². The number of carbonyl (C=O) groups is 2. The van der Waals surface area contributed by atoms with E-state index >= 15 is 0 Å². The number of hydrogen-bond acceptors (Lipinski definition) is 4. The summed E-state index contributed by atoms with van der Waals surface area (Å²) in [6.45, 7) is -0.356. The molecule has 1 aliphatic carbocycles. The minimum Gasteiger partial charge on any atom is -0.454 e. The van der Waals surface area contributed by atoms with Crippen molar-refractivity contribution in [1.29, 1.82) is 0 Å². The van der Waals surface area contributed by atoms with Gasteiger partial charge in [0.1, 0.15) is 6.10 Å². The number of aliphatic hydroxyl groups excluding tert-OH is 1. The number of rotatable bonds is 5. The maximum Gasteiger partial charge on any atom is 0.338 e. The van der Waals surface area contributed by atoms with Gasteiger partial charge in [-0.2, -0.15) is 0 Å². The summed E-state index contributed by atoms with van der Waals surface area (Å²) in [5.41, 5.74) is 0.404. The van der Waals surface area contributed by atoms with Crippen LogP contribution in [0.4, 0.5) is 0 Å². The normalized spacial score (nSPS) is 16.3. The van der Waals surface area contributed by atoms with Gasteiger partial charge < -0.3 is 9.84 Å². The minimum absolute atomic E-state index is 0.0675. The third-order valence-electron chi connectivity index (χ3n) is 2.75. The van der Waals surface area contributed by atoms with Crippen LogP contribution in [-0.4, -0.2) is 29.6 Å². The molecule has 0 aromatic heterocycles. The lowest BCUT2D eigenvalue weighted by Crippen LogP contribution is -2.28. The van der Waals surface area contributed by atoms with E-state index < -0.39 is 17.9 Å². The molecule has 1 aromatic rings. The summed E-state index contributed by atoms with van der Waals surface area (Å²) >= 11 is 0. The van der Waals surface area contributed by atoms with Crippen molar-refractivity contribution in [2.24, 2.45) is 5.92 Å². The van der Waals surface area contributed by atoms with E-state index in [4.69, 9.17) is 4.74 Å². The van der Waals surface area contributed by atoms with Crippen molar-refractivity contribution in [2.45, 2.75) is 18.9 Å². The highest BCUT2D eigenvalue weighted by molar-refractivity contribution is 5.92. The van der Waals surface area contributed by atoms with E-state index in [9.17, 15) is 14.7 Å².